The average molecular weight is 198 g/mol. The van der Waals surface area contributed by atoms with Gasteiger partial charge in [0, 0.05) is 6.42 Å². The topological polar surface area (TPSA) is 111 Å². The van der Waals surface area contributed by atoms with E-state index in [9.17, 15) is 9.59 Å². The third kappa shape index (κ3) is 2.06. The molecule has 0 saturated carbocycles. The summed E-state index contributed by atoms with van der Waals surface area (Å²) in [6.07, 6.45) is -0.119. The minimum atomic E-state index is -0.990. The van der Waals surface area contributed by atoms with Gasteiger partial charge in [-0.2, -0.15) is 0 Å². The molecule has 0 amide bonds. The van der Waals surface area contributed by atoms with Gasteiger partial charge in [0.25, 0.3) is 5.56 Å². The average Bonchev–Trinajstić information content (AvgIpc) is 2.13. The number of rotatable bonds is 3. The molecule has 1 aromatic heterocycles. The summed E-state index contributed by atoms with van der Waals surface area (Å²) >= 11 is 0. The molecule has 0 spiro atoms. The maximum Gasteiger partial charge on any atom is 0.303 e. The first kappa shape index (κ1) is 10.2. The lowest BCUT2D eigenvalue weighted by molar-refractivity contribution is -0.136. The fraction of sp³-hybridized carbons (Fsp3) is 0.429. The van der Waals surface area contributed by atoms with Crippen LogP contribution >= 0.6 is 0 Å². The Hall–Kier alpha value is -1.92. The van der Waals surface area contributed by atoms with Gasteiger partial charge in [-0.3, -0.25) is 9.59 Å². The highest BCUT2D eigenvalue weighted by molar-refractivity contribution is 5.66. The van der Waals surface area contributed by atoms with Crippen LogP contribution in [0.2, 0.25) is 0 Å². The Morgan fingerprint density at radius 3 is 2.79 bits per heavy atom. The van der Waals surface area contributed by atoms with Crippen molar-refractivity contribution in [2.75, 3.05) is 5.84 Å². The van der Waals surface area contributed by atoms with Crippen molar-refractivity contribution >= 4 is 5.97 Å². The molecule has 1 aromatic rings. The highest BCUT2D eigenvalue weighted by atomic mass is 16.4. The van der Waals surface area contributed by atoms with Gasteiger partial charge in [-0.15, -0.1) is 10.2 Å². The van der Waals surface area contributed by atoms with Crippen LogP contribution in [0.15, 0.2) is 4.79 Å². The van der Waals surface area contributed by atoms with E-state index in [2.05, 4.69) is 10.2 Å². The van der Waals surface area contributed by atoms with E-state index < -0.39 is 11.5 Å². The molecule has 0 radical (unpaired) electrons. The lowest BCUT2D eigenvalue weighted by Crippen LogP contribution is -2.34. The minimum Gasteiger partial charge on any atom is -0.481 e. The molecular formula is C7H10N4O3. The number of nitrogens with two attached hydrogens (primary N) is 1. The second kappa shape index (κ2) is 3.86. The van der Waals surface area contributed by atoms with Gasteiger partial charge in [0.2, 0.25) is 0 Å². The van der Waals surface area contributed by atoms with Gasteiger partial charge in [-0.25, -0.2) is 4.68 Å². The molecule has 7 nitrogen and oxygen atoms in total. The van der Waals surface area contributed by atoms with Crippen LogP contribution in [0.5, 0.6) is 0 Å². The smallest absolute Gasteiger partial charge is 0.303 e. The van der Waals surface area contributed by atoms with Crippen molar-refractivity contribution in [1.29, 1.82) is 0 Å². The Kier molecular flexibility index (Phi) is 2.80. The van der Waals surface area contributed by atoms with Crippen molar-refractivity contribution in [3.8, 4) is 0 Å². The van der Waals surface area contributed by atoms with E-state index in [4.69, 9.17) is 10.9 Å². The summed E-state index contributed by atoms with van der Waals surface area (Å²) in [6, 6.07) is 0. The van der Waals surface area contributed by atoms with E-state index in [0.717, 1.165) is 4.68 Å². The minimum absolute atomic E-state index is 0.0403. The van der Waals surface area contributed by atoms with Crippen LogP contribution in [0.4, 0.5) is 0 Å². The summed E-state index contributed by atoms with van der Waals surface area (Å²) < 4.78 is 0.851. The molecule has 0 aliphatic rings. The van der Waals surface area contributed by atoms with Crippen molar-refractivity contribution < 1.29 is 9.90 Å². The summed E-state index contributed by atoms with van der Waals surface area (Å²) in [7, 11) is 0. The summed E-state index contributed by atoms with van der Waals surface area (Å²) in [6.45, 7) is 1.54. The van der Waals surface area contributed by atoms with E-state index >= 15 is 0 Å². The van der Waals surface area contributed by atoms with Crippen molar-refractivity contribution in [2.45, 2.75) is 19.8 Å². The number of aromatic nitrogens is 3. The van der Waals surface area contributed by atoms with Gasteiger partial charge in [0.1, 0.15) is 5.69 Å². The van der Waals surface area contributed by atoms with E-state index in [1.165, 1.54) is 6.92 Å². The summed E-state index contributed by atoms with van der Waals surface area (Å²) in [4.78, 5) is 21.6. The monoisotopic (exact) mass is 198 g/mol. The summed E-state index contributed by atoms with van der Waals surface area (Å²) in [5, 5.41) is 15.6. The van der Waals surface area contributed by atoms with Gasteiger partial charge >= 0.3 is 5.97 Å². The number of carboxylic acid groups (broad SMARTS) is 1. The number of carboxylic acids is 1. The van der Waals surface area contributed by atoms with Crippen LogP contribution in [-0.2, 0) is 11.2 Å². The van der Waals surface area contributed by atoms with E-state index in [0.29, 0.717) is 0 Å². The molecule has 3 N–H and O–H groups in total. The van der Waals surface area contributed by atoms with Crippen LogP contribution < -0.4 is 11.4 Å². The van der Waals surface area contributed by atoms with Crippen molar-refractivity contribution in [2.24, 2.45) is 0 Å². The number of carbonyl (C=O) groups is 1. The Labute approximate surface area is 79.2 Å². The van der Waals surface area contributed by atoms with Crippen LogP contribution in [-0.4, -0.2) is 25.9 Å². The van der Waals surface area contributed by atoms with E-state index in [1.807, 2.05) is 0 Å². The normalized spacial score (nSPS) is 10.1. The zero-order chi connectivity index (χ0) is 10.7. The van der Waals surface area contributed by atoms with E-state index in [1.54, 1.807) is 0 Å². The molecule has 0 unspecified atom stereocenters. The molecule has 0 aliphatic carbocycles. The molecule has 7 heteroatoms. The first-order chi connectivity index (χ1) is 6.52. The predicted molar refractivity (Wildman–Crippen MR) is 47.1 cm³/mol. The lowest BCUT2D eigenvalue weighted by Gasteiger charge is -2.02. The quantitative estimate of drug-likeness (QED) is 0.582. The second-order valence-electron chi connectivity index (χ2n) is 2.76. The molecular weight excluding hydrogens is 188 g/mol. The second-order valence-corrected chi connectivity index (χ2v) is 2.76. The first-order valence-electron chi connectivity index (χ1n) is 3.94. The Morgan fingerprint density at radius 1 is 1.57 bits per heavy atom. The van der Waals surface area contributed by atoms with Gasteiger partial charge in [-0.05, 0) is 6.92 Å². The molecule has 0 atom stereocenters. The number of aliphatic carboxylic acids is 1. The predicted octanol–water partition coefficient (Wildman–Crippen LogP) is -1.32. The Balaban J connectivity index is 2.95. The van der Waals surface area contributed by atoms with Gasteiger partial charge in [0.05, 0.1) is 6.42 Å². The number of nitrogen functional groups attached to an aromatic ring is 1. The standard InChI is InChI=1S/C7H10N4O3/c1-4-9-10-5(2-3-6(12)13)7(14)11(4)8/h2-3,8H2,1H3,(H,12,13). The SMILES string of the molecule is Cc1nnc(CCC(=O)O)c(=O)n1N. The number of hydrogen-bond donors (Lipinski definition) is 2. The van der Waals surface area contributed by atoms with Gasteiger partial charge in [0.15, 0.2) is 5.82 Å². The molecule has 0 aromatic carbocycles. The summed E-state index contributed by atoms with van der Waals surface area (Å²) in [5.74, 6) is 4.64. The van der Waals surface area contributed by atoms with Crippen LogP contribution in [0.1, 0.15) is 17.9 Å². The fourth-order valence-corrected chi connectivity index (χ4v) is 0.892. The number of aryl methyl sites for hydroxylation is 2. The van der Waals surface area contributed by atoms with Gasteiger partial charge < -0.3 is 10.9 Å². The highest BCUT2D eigenvalue weighted by Crippen LogP contribution is 1.92. The Morgan fingerprint density at radius 2 is 2.21 bits per heavy atom. The maximum atomic E-state index is 11.3. The highest BCUT2D eigenvalue weighted by Gasteiger charge is 2.08. The van der Waals surface area contributed by atoms with E-state index in [-0.39, 0.29) is 24.4 Å². The van der Waals surface area contributed by atoms with Crippen molar-refractivity contribution in [1.82, 2.24) is 14.9 Å². The molecule has 0 fully saturated rings. The molecule has 14 heavy (non-hydrogen) atoms. The third-order valence-electron chi connectivity index (χ3n) is 1.71. The molecule has 0 aliphatic heterocycles. The Bertz CT molecular complexity index is 412. The van der Waals surface area contributed by atoms with Crippen molar-refractivity contribution in [3.05, 3.63) is 21.9 Å². The molecule has 1 rings (SSSR count). The third-order valence-corrected chi connectivity index (χ3v) is 1.71. The fourth-order valence-electron chi connectivity index (χ4n) is 0.892. The molecule has 76 valence electrons. The summed E-state index contributed by atoms with van der Waals surface area (Å²) in [5.41, 5.74) is -0.431. The zero-order valence-corrected chi connectivity index (χ0v) is 7.60. The largest absolute Gasteiger partial charge is 0.481 e. The van der Waals surface area contributed by atoms with Crippen LogP contribution in [0, 0.1) is 6.92 Å². The lowest BCUT2D eigenvalue weighted by atomic mass is 10.2. The number of hydrogen-bond acceptors (Lipinski definition) is 5. The molecule has 0 bridgehead atoms. The zero-order valence-electron chi connectivity index (χ0n) is 7.60. The van der Waals surface area contributed by atoms with Crippen molar-refractivity contribution in [3.63, 3.8) is 0 Å². The van der Waals surface area contributed by atoms with Crippen LogP contribution in [0.3, 0.4) is 0 Å². The maximum absolute atomic E-state index is 11.3. The van der Waals surface area contributed by atoms with Gasteiger partial charge in [-0.1, -0.05) is 0 Å². The molecule has 0 saturated heterocycles. The number of nitrogens with zero attached hydrogens (tertiary/aromatic N) is 3. The first-order valence-corrected chi connectivity index (χ1v) is 3.94. The van der Waals surface area contributed by atoms with Crippen LogP contribution in [0.25, 0.3) is 0 Å². The molecule has 1 heterocycles.